The molecule has 0 bridgehead atoms. The monoisotopic (exact) mass is 606 g/mol. The average Bonchev–Trinajstić information content (AvgIpc) is 3.44. The van der Waals surface area contributed by atoms with Crippen molar-refractivity contribution in [3.63, 3.8) is 0 Å². The Labute approximate surface area is 249 Å². The maximum absolute atomic E-state index is 13.3. The highest BCUT2D eigenvalue weighted by molar-refractivity contribution is 6.00. The van der Waals surface area contributed by atoms with Crippen molar-refractivity contribution >= 4 is 29.2 Å². The van der Waals surface area contributed by atoms with Crippen molar-refractivity contribution in [3.8, 4) is 23.7 Å². The lowest BCUT2D eigenvalue weighted by atomic mass is 10.0. The number of anilines is 2. The molecule has 44 heavy (non-hydrogen) atoms. The molecule has 1 unspecified atom stereocenters. The van der Waals surface area contributed by atoms with E-state index in [1.807, 2.05) is 4.90 Å². The van der Waals surface area contributed by atoms with Gasteiger partial charge in [0.25, 0.3) is 11.8 Å². The van der Waals surface area contributed by atoms with Crippen LogP contribution in [0.3, 0.4) is 0 Å². The number of nitrogens with one attached hydrogen (secondary N) is 2. The van der Waals surface area contributed by atoms with Crippen molar-refractivity contribution < 1.29 is 32.3 Å². The van der Waals surface area contributed by atoms with Crippen molar-refractivity contribution in [2.45, 2.75) is 44.5 Å². The number of aromatic nitrogens is 4. The summed E-state index contributed by atoms with van der Waals surface area (Å²) in [6.07, 6.45) is 0.566. The second kappa shape index (κ2) is 11.7. The molecule has 2 saturated heterocycles. The number of alkyl halides is 3. The molecule has 2 fully saturated rings. The van der Waals surface area contributed by atoms with E-state index in [1.54, 1.807) is 32.2 Å². The van der Waals surface area contributed by atoms with Gasteiger partial charge in [-0.05, 0) is 32.0 Å². The SMILES string of the molecule is CC(C)(C(=O)Nc1cnc(C#N)c(C(F)(F)F)c1)n1cc(C#CC2CN(c3ccc(OC4CCC(=O)NC4=O)cn3)C2)cn1. The molecule has 0 spiro atoms. The van der Waals surface area contributed by atoms with Gasteiger partial charge in [-0.3, -0.25) is 24.4 Å². The Morgan fingerprint density at radius 3 is 2.59 bits per heavy atom. The summed E-state index contributed by atoms with van der Waals surface area (Å²) < 4.78 is 46.8. The summed E-state index contributed by atoms with van der Waals surface area (Å²) in [5.41, 5.74) is -2.98. The number of hydrogen-bond donors (Lipinski definition) is 2. The Balaban J connectivity index is 1.15. The maximum atomic E-state index is 13.3. The highest BCUT2D eigenvalue weighted by atomic mass is 19.4. The molecule has 5 heterocycles. The van der Waals surface area contributed by atoms with Crippen LogP contribution in [0.4, 0.5) is 24.7 Å². The van der Waals surface area contributed by atoms with E-state index in [4.69, 9.17) is 10.00 Å². The standard InChI is InChI=1S/C29H25F3N8O4/c1-28(2,27(43)37-19-9-21(29(30,31)32)22(10-33)34-12-19)40-16-17(11-36-40)3-4-18-14-39(15-18)24-7-5-20(13-35-24)44-23-6-8-25(41)38-26(23)42/h5,7,9,11-13,16,18,23H,6,8,14-15H2,1-2H3,(H,37,43)(H,38,41,42). The van der Waals surface area contributed by atoms with Gasteiger partial charge in [-0.15, -0.1) is 0 Å². The first kappa shape index (κ1) is 30.0. The molecule has 3 aromatic rings. The van der Waals surface area contributed by atoms with Gasteiger partial charge < -0.3 is 15.0 Å². The number of hydrogen-bond acceptors (Lipinski definition) is 9. The summed E-state index contributed by atoms with van der Waals surface area (Å²) >= 11 is 0. The number of nitriles is 1. The number of rotatable bonds is 6. The zero-order valence-electron chi connectivity index (χ0n) is 23.5. The predicted octanol–water partition coefficient (Wildman–Crippen LogP) is 2.61. The molecule has 3 aromatic heterocycles. The van der Waals surface area contributed by atoms with Crippen LogP contribution in [0.5, 0.6) is 5.75 Å². The Bertz CT molecular complexity index is 1710. The molecule has 0 aliphatic carbocycles. The summed E-state index contributed by atoms with van der Waals surface area (Å²) in [5, 5.41) is 17.8. The van der Waals surface area contributed by atoms with Crippen LogP contribution in [-0.2, 0) is 26.1 Å². The highest BCUT2D eigenvalue weighted by Gasteiger charge is 2.36. The fourth-order valence-corrected chi connectivity index (χ4v) is 4.44. The summed E-state index contributed by atoms with van der Waals surface area (Å²) in [6, 6.07) is 5.55. The summed E-state index contributed by atoms with van der Waals surface area (Å²) in [7, 11) is 0. The Kier molecular flexibility index (Phi) is 7.97. The van der Waals surface area contributed by atoms with Gasteiger partial charge in [-0.2, -0.15) is 23.5 Å². The van der Waals surface area contributed by atoms with Crippen molar-refractivity contribution in [2.75, 3.05) is 23.3 Å². The van der Waals surface area contributed by atoms with Gasteiger partial charge in [0.05, 0.1) is 41.3 Å². The third kappa shape index (κ3) is 6.47. The molecule has 0 aromatic carbocycles. The van der Waals surface area contributed by atoms with Gasteiger partial charge in [0, 0.05) is 32.1 Å². The van der Waals surface area contributed by atoms with Crippen LogP contribution in [0, 0.1) is 29.1 Å². The minimum Gasteiger partial charge on any atom is -0.479 e. The van der Waals surface area contributed by atoms with Crippen LogP contribution < -0.4 is 20.3 Å². The van der Waals surface area contributed by atoms with E-state index in [2.05, 4.69) is 37.5 Å². The summed E-state index contributed by atoms with van der Waals surface area (Å²) in [6.45, 7) is 4.36. The zero-order valence-corrected chi connectivity index (χ0v) is 23.5. The number of ether oxygens (including phenoxy) is 1. The second-order valence-electron chi connectivity index (χ2n) is 10.7. The fraction of sp³-hybridized carbons (Fsp3) is 0.345. The first-order valence-corrected chi connectivity index (χ1v) is 13.4. The molecule has 2 aliphatic heterocycles. The molecule has 226 valence electrons. The first-order chi connectivity index (χ1) is 20.8. The topological polar surface area (TPSA) is 155 Å². The minimum atomic E-state index is -4.81. The normalized spacial score (nSPS) is 17.1. The van der Waals surface area contributed by atoms with Crippen LogP contribution in [0.2, 0.25) is 0 Å². The van der Waals surface area contributed by atoms with Crippen LogP contribution in [0.15, 0.2) is 43.0 Å². The quantitative estimate of drug-likeness (QED) is 0.318. The number of carbonyl (C=O) groups is 3. The van der Waals surface area contributed by atoms with E-state index in [9.17, 15) is 27.6 Å². The molecule has 2 aliphatic rings. The van der Waals surface area contributed by atoms with Crippen LogP contribution in [0.1, 0.15) is 43.5 Å². The second-order valence-corrected chi connectivity index (χ2v) is 10.7. The summed E-state index contributed by atoms with van der Waals surface area (Å²) in [4.78, 5) is 46.1. The van der Waals surface area contributed by atoms with E-state index in [-0.39, 0.29) is 23.9 Å². The largest absolute Gasteiger partial charge is 0.479 e. The third-order valence-corrected chi connectivity index (χ3v) is 7.08. The van der Waals surface area contributed by atoms with Gasteiger partial charge in [0.15, 0.2) is 11.8 Å². The van der Waals surface area contributed by atoms with E-state index in [0.29, 0.717) is 36.9 Å². The number of piperidine rings is 1. The molecule has 2 N–H and O–H groups in total. The lowest BCUT2D eigenvalue weighted by molar-refractivity contribution is -0.139. The van der Waals surface area contributed by atoms with Crippen molar-refractivity contribution in [1.82, 2.24) is 25.1 Å². The van der Waals surface area contributed by atoms with Gasteiger partial charge in [0.2, 0.25) is 5.91 Å². The van der Waals surface area contributed by atoms with Crippen molar-refractivity contribution in [2.24, 2.45) is 5.92 Å². The van der Waals surface area contributed by atoms with Gasteiger partial charge in [-0.1, -0.05) is 11.8 Å². The summed E-state index contributed by atoms with van der Waals surface area (Å²) in [5.74, 6) is 5.99. The minimum absolute atomic E-state index is 0.0579. The van der Waals surface area contributed by atoms with E-state index in [0.717, 1.165) is 12.0 Å². The van der Waals surface area contributed by atoms with Crippen molar-refractivity contribution in [1.29, 1.82) is 5.26 Å². The number of pyridine rings is 2. The third-order valence-electron chi connectivity index (χ3n) is 7.08. The molecule has 15 heteroatoms. The maximum Gasteiger partial charge on any atom is 0.419 e. The molecule has 5 rings (SSSR count). The van der Waals surface area contributed by atoms with Crippen LogP contribution >= 0.6 is 0 Å². The average molecular weight is 607 g/mol. The highest BCUT2D eigenvalue weighted by Crippen LogP contribution is 2.33. The lowest BCUT2D eigenvalue weighted by Crippen LogP contribution is -2.47. The lowest BCUT2D eigenvalue weighted by Gasteiger charge is -2.37. The molecule has 3 amide bonds. The van der Waals surface area contributed by atoms with Crippen LogP contribution in [0.25, 0.3) is 0 Å². The first-order valence-electron chi connectivity index (χ1n) is 13.4. The molecular formula is C29H25F3N8O4. The molecule has 1 atom stereocenters. The van der Waals surface area contributed by atoms with Gasteiger partial charge in [0.1, 0.15) is 23.2 Å². The molecule has 0 saturated carbocycles. The number of amides is 3. The van der Waals surface area contributed by atoms with E-state index in [1.165, 1.54) is 23.1 Å². The van der Waals surface area contributed by atoms with E-state index >= 15 is 0 Å². The Morgan fingerprint density at radius 2 is 1.93 bits per heavy atom. The van der Waals surface area contributed by atoms with Crippen LogP contribution in [-0.4, -0.2) is 56.7 Å². The van der Waals surface area contributed by atoms with Gasteiger partial charge >= 0.3 is 6.18 Å². The van der Waals surface area contributed by atoms with E-state index < -0.39 is 40.9 Å². The van der Waals surface area contributed by atoms with Gasteiger partial charge in [-0.25, -0.2) is 9.97 Å². The van der Waals surface area contributed by atoms with Crippen molar-refractivity contribution in [3.05, 3.63) is 59.8 Å². The predicted molar refractivity (Wildman–Crippen MR) is 148 cm³/mol. The number of carbonyl (C=O) groups excluding carboxylic acids is 3. The molecular weight excluding hydrogens is 581 g/mol. The number of nitrogens with zero attached hydrogens (tertiary/aromatic N) is 6. The molecule has 0 radical (unpaired) electrons. The fourth-order valence-electron chi connectivity index (χ4n) is 4.44. The zero-order chi connectivity index (χ0) is 31.6. The molecule has 12 nitrogen and oxygen atoms in total. The smallest absolute Gasteiger partial charge is 0.419 e. The Morgan fingerprint density at radius 1 is 1.16 bits per heavy atom. The number of halogens is 3. The Hall–Kier alpha value is -5.44. The number of imide groups is 1.